The Hall–Kier alpha value is -3.16. The first-order valence-corrected chi connectivity index (χ1v) is 11.1. The lowest BCUT2D eigenvalue weighted by Crippen LogP contribution is -2.35. The van der Waals surface area contributed by atoms with Gasteiger partial charge in [0.25, 0.3) is 5.69 Å². The zero-order valence-corrected chi connectivity index (χ0v) is 19.5. The van der Waals surface area contributed by atoms with Crippen molar-refractivity contribution in [3.05, 3.63) is 62.5 Å². The molecule has 1 aromatic carbocycles. The van der Waals surface area contributed by atoms with Crippen molar-refractivity contribution in [3.63, 3.8) is 0 Å². The van der Waals surface area contributed by atoms with Gasteiger partial charge in [0, 0.05) is 30.1 Å². The first-order chi connectivity index (χ1) is 15.3. The fourth-order valence-corrected chi connectivity index (χ4v) is 4.08. The first kappa shape index (κ1) is 25.1. The van der Waals surface area contributed by atoms with E-state index in [1.54, 1.807) is 25.2 Å². The minimum Gasteiger partial charge on any atom is -0.462 e. The molecule has 0 unspecified atom stereocenters. The van der Waals surface area contributed by atoms with Gasteiger partial charge >= 0.3 is 11.9 Å². The molecule has 0 saturated heterocycles. The van der Waals surface area contributed by atoms with Crippen LogP contribution in [0.25, 0.3) is 0 Å². The lowest BCUT2D eigenvalue weighted by Gasteiger charge is -2.37. The van der Waals surface area contributed by atoms with E-state index in [2.05, 4.69) is 0 Å². The van der Waals surface area contributed by atoms with Crippen LogP contribution in [0.15, 0.2) is 46.8 Å². The number of benzene rings is 1. The lowest BCUT2D eigenvalue weighted by molar-refractivity contribution is -0.385. The van der Waals surface area contributed by atoms with Crippen LogP contribution >= 0.6 is 0 Å². The zero-order valence-electron chi connectivity index (χ0n) is 19.5. The summed E-state index contributed by atoms with van der Waals surface area (Å²) in [4.78, 5) is 39.7. The van der Waals surface area contributed by atoms with Gasteiger partial charge in [-0.1, -0.05) is 45.9 Å². The van der Waals surface area contributed by atoms with Crippen LogP contribution in [-0.2, 0) is 19.1 Å². The summed E-state index contributed by atoms with van der Waals surface area (Å²) >= 11 is 0. The fraction of sp³-hybridized carbons (Fsp3) is 0.500. The number of nitro benzene ring substituents is 1. The van der Waals surface area contributed by atoms with Crippen molar-refractivity contribution in [2.45, 2.75) is 59.3 Å². The molecule has 0 amide bonds. The van der Waals surface area contributed by atoms with Gasteiger partial charge in [0.2, 0.25) is 0 Å². The molecular weight excluding hydrogens is 412 g/mol. The molecule has 0 N–H and O–H groups in total. The molecule has 1 heterocycles. The molecule has 0 atom stereocenters. The van der Waals surface area contributed by atoms with Crippen LogP contribution < -0.4 is 0 Å². The Morgan fingerprint density at radius 2 is 1.41 bits per heavy atom. The number of hydrogen-bond acceptors (Lipinski definition) is 7. The van der Waals surface area contributed by atoms with Gasteiger partial charge < -0.3 is 14.4 Å². The van der Waals surface area contributed by atoms with Crippen LogP contribution in [0, 0.1) is 10.1 Å². The Bertz CT molecular complexity index is 888. The molecule has 1 aromatic rings. The van der Waals surface area contributed by atoms with Gasteiger partial charge in [0.15, 0.2) is 0 Å². The van der Waals surface area contributed by atoms with Crippen LogP contribution in [0.3, 0.4) is 0 Å². The second-order valence-electron chi connectivity index (χ2n) is 7.51. The minimum atomic E-state index is -0.952. The van der Waals surface area contributed by atoms with Gasteiger partial charge in [-0.05, 0) is 25.7 Å². The third kappa shape index (κ3) is 5.00. The Balaban J connectivity index is 2.86. The highest BCUT2D eigenvalue weighted by atomic mass is 16.6. The van der Waals surface area contributed by atoms with Crippen molar-refractivity contribution in [2.75, 3.05) is 20.3 Å². The monoisotopic (exact) mass is 444 g/mol. The maximum Gasteiger partial charge on any atom is 0.336 e. The van der Waals surface area contributed by atoms with Crippen molar-refractivity contribution >= 4 is 17.6 Å². The van der Waals surface area contributed by atoms with Crippen LogP contribution in [0.4, 0.5) is 5.69 Å². The van der Waals surface area contributed by atoms with E-state index >= 15 is 0 Å². The van der Waals surface area contributed by atoms with Gasteiger partial charge in [-0.3, -0.25) is 10.1 Å². The molecule has 1 aliphatic heterocycles. The first-order valence-electron chi connectivity index (χ1n) is 11.1. The maximum absolute atomic E-state index is 13.3. The summed E-state index contributed by atoms with van der Waals surface area (Å²) < 4.78 is 10.9. The van der Waals surface area contributed by atoms with Gasteiger partial charge in [0.05, 0.1) is 35.2 Å². The van der Waals surface area contributed by atoms with E-state index in [0.29, 0.717) is 37.1 Å². The smallest absolute Gasteiger partial charge is 0.336 e. The van der Waals surface area contributed by atoms with E-state index in [9.17, 15) is 19.7 Å². The average Bonchev–Trinajstić information content (AvgIpc) is 2.79. The Morgan fingerprint density at radius 1 is 0.938 bits per heavy atom. The number of nitrogens with zero attached hydrogens (tertiary/aromatic N) is 2. The summed E-state index contributed by atoms with van der Waals surface area (Å²) in [5.41, 5.74) is 1.97. The number of para-hydroxylation sites is 1. The number of esters is 2. The van der Waals surface area contributed by atoms with Crippen LogP contribution in [0.5, 0.6) is 0 Å². The Labute approximate surface area is 189 Å². The second kappa shape index (κ2) is 11.5. The molecule has 0 saturated carbocycles. The molecule has 0 aliphatic carbocycles. The average molecular weight is 445 g/mol. The van der Waals surface area contributed by atoms with Crippen molar-refractivity contribution in [1.82, 2.24) is 4.90 Å². The molecule has 2 rings (SSSR count). The summed E-state index contributed by atoms with van der Waals surface area (Å²) in [5, 5.41) is 11.9. The largest absolute Gasteiger partial charge is 0.462 e. The van der Waals surface area contributed by atoms with E-state index in [4.69, 9.17) is 9.47 Å². The van der Waals surface area contributed by atoms with Crippen LogP contribution in [-0.4, -0.2) is 42.0 Å². The highest BCUT2D eigenvalue weighted by Crippen LogP contribution is 2.46. The summed E-state index contributed by atoms with van der Waals surface area (Å²) in [6.45, 7) is 8.01. The topological polar surface area (TPSA) is 99.0 Å². The molecule has 0 aromatic heterocycles. The van der Waals surface area contributed by atoms with E-state index in [1.165, 1.54) is 6.07 Å². The Morgan fingerprint density at radius 3 is 1.81 bits per heavy atom. The molecule has 0 bridgehead atoms. The zero-order chi connectivity index (χ0) is 23.8. The van der Waals surface area contributed by atoms with E-state index in [-0.39, 0.29) is 35.6 Å². The summed E-state index contributed by atoms with van der Waals surface area (Å²) in [7, 11) is 1.80. The van der Waals surface area contributed by atoms with E-state index < -0.39 is 22.8 Å². The van der Waals surface area contributed by atoms with Gasteiger partial charge in [-0.2, -0.15) is 0 Å². The van der Waals surface area contributed by atoms with Gasteiger partial charge in [0.1, 0.15) is 0 Å². The number of allylic oxidation sites excluding steroid dienone is 2. The van der Waals surface area contributed by atoms with Crippen LogP contribution in [0.1, 0.15) is 64.9 Å². The highest BCUT2D eigenvalue weighted by molar-refractivity contribution is 6.00. The fourth-order valence-electron chi connectivity index (χ4n) is 4.08. The van der Waals surface area contributed by atoms with Crippen molar-refractivity contribution in [2.24, 2.45) is 0 Å². The third-order valence-electron chi connectivity index (χ3n) is 5.44. The molecule has 0 radical (unpaired) electrons. The quantitative estimate of drug-likeness (QED) is 0.289. The van der Waals surface area contributed by atoms with Crippen molar-refractivity contribution < 1.29 is 24.0 Å². The number of carbonyl (C=O) groups is 2. The van der Waals surface area contributed by atoms with Crippen LogP contribution in [0.2, 0.25) is 0 Å². The number of rotatable bonds is 10. The van der Waals surface area contributed by atoms with E-state index in [1.807, 2.05) is 32.6 Å². The molecule has 8 heteroatoms. The predicted molar refractivity (Wildman–Crippen MR) is 121 cm³/mol. The number of ether oxygens (including phenoxy) is 2. The Kier molecular flexibility index (Phi) is 8.99. The summed E-state index contributed by atoms with van der Waals surface area (Å²) in [6.07, 6.45) is 2.25. The molecule has 1 aliphatic rings. The molecule has 0 spiro atoms. The third-order valence-corrected chi connectivity index (χ3v) is 5.44. The molecule has 0 fully saturated rings. The second-order valence-corrected chi connectivity index (χ2v) is 7.51. The maximum atomic E-state index is 13.3. The molecule has 32 heavy (non-hydrogen) atoms. The highest BCUT2D eigenvalue weighted by Gasteiger charge is 2.43. The standard InChI is InChI=1S/C24H32N2O6/c1-6-14-31-23(27)21-17(8-3)25(5)18(9-4)22(24(28)32-15-7-2)20(21)16-12-10-11-13-19(16)26(29)30/h10-13,20H,6-9,14-15H2,1-5H3. The predicted octanol–water partition coefficient (Wildman–Crippen LogP) is 4.86. The van der Waals surface area contributed by atoms with Crippen molar-refractivity contribution in [1.29, 1.82) is 0 Å². The van der Waals surface area contributed by atoms with Gasteiger partial charge in [-0.25, -0.2) is 9.59 Å². The minimum absolute atomic E-state index is 0.158. The molecular formula is C24H32N2O6. The SMILES string of the molecule is CCCOC(=O)C1=C(CC)N(C)C(CC)=C(C(=O)OCCC)C1c1ccccc1[N+](=O)[O-]. The molecule has 174 valence electrons. The summed E-state index contributed by atoms with van der Waals surface area (Å²) in [6, 6.07) is 6.21. The number of carbonyl (C=O) groups excluding carboxylic acids is 2. The molecule has 8 nitrogen and oxygen atoms in total. The normalized spacial score (nSPS) is 14.6. The van der Waals surface area contributed by atoms with Gasteiger partial charge in [-0.15, -0.1) is 0 Å². The summed E-state index contributed by atoms with van der Waals surface area (Å²) in [5.74, 6) is -2.10. The number of nitro groups is 1. The van der Waals surface area contributed by atoms with E-state index in [0.717, 1.165) is 0 Å². The van der Waals surface area contributed by atoms with Crippen molar-refractivity contribution in [3.8, 4) is 0 Å². The number of hydrogen-bond donors (Lipinski definition) is 0. The lowest BCUT2D eigenvalue weighted by atomic mass is 9.78.